The molecule has 4 amide bonds. The highest BCUT2D eigenvalue weighted by atomic mass is 35.5. The first kappa shape index (κ1) is 29.2. The molecule has 0 aliphatic carbocycles. The number of urea groups is 1. The molecular formula is C29H31ClN4O5. The van der Waals surface area contributed by atoms with Gasteiger partial charge in [-0.1, -0.05) is 84.4 Å². The second kappa shape index (κ2) is 15.1. The number of amides is 4. The standard InChI is InChI=1S/C29H31ClN4O5/c30-25-10-5-4-9-23(25)17-34-29(39)31-16-6-11-26(35)33-19-27(36)32-18-24(28(37)38)22-14-12-21(13-15-22)20-7-2-1-3-8-20/h1-5,7-10,12-15,24H,6,11,16-19H2,(H,32,36)(H,33,35)(H,37,38)(H2,31,34,39). The van der Waals surface area contributed by atoms with Crippen molar-refractivity contribution in [3.8, 4) is 11.1 Å². The predicted molar refractivity (Wildman–Crippen MR) is 149 cm³/mol. The molecule has 0 fully saturated rings. The van der Waals surface area contributed by atoms with Crippen LogP contribution in [0.25, 0.3) is 11.1 Å². The van der Waals surface area contributed by atoms with Crippen molar-refractivity contribution in [1.29, 1.82) is 0 Å². The molecule has 3 aromatic rings. The molecular weight excluding hydrogens is 520 g/mol. The summed E-state index contributed by atoms with van der Waals surface area (Å²) in [5, 5.41) is 20.6. The molecule has 0 bridgehead atoms. The van der Waals surface area contributed by atoms with Gasteiger partial charge in [-0.3, -0.25) is 14.4 Å². The molecule has 0 aliphatic rings. The number of halogens is 1. The SMILES string of the molecule is O=C(CCCNC(=O)NCc1ccccc1Cl)NCC(=O)NCC(C(=O)O)c1ccc(-c2ccccc2)cc1. The molecule has 1 unspecified atom stereocenters. The van der Waals surface area contributed by atoms with Crippen molar-refractivity contribution in [3.63, 3.8) is 0 Å². The zero-order valence-corrected chi connectivity index (χ0v) is 22.0. The van der Waals surface area contributed by atoms with Crippen LogP contribution in [-0.4, -0.2) is 48.6 Å². The zero-order chi connectivity index (χ0) is 28.0. The van der Waals surface area contributed by atoms with Crippen molar-refractivity contribution >= 4 is 35.4 Å². The summed E-state index contributed by atoms with van der Waals surface area (Å²) in [5.74, 6) is -2.83. The highest BCUT2D eigenvalue weighted by molar-refractivity contribution is 6.31. The molecule has 5 N–H and O–H groups in total. The second-order valence-electron chi connectivity index (χ2n) is 8.76. The van der Waals surface area contributed by atoms with Crippen LogP contribution < -0.4 is 21.3 Å². The summed E-state index contributed by atoms with van der Waals surface area (Å²) in [6.45, 7) is 0.173. The molecule has 10 heteroatoms. The molecule has 0 spiro atoms. The number of aliphatic carboxylic acids is 1. The van der Waals surface area contributed by atoms with E-state index >= 15 is 0 Å². The molecule has 0 aliphatic heterocycles. The third-order valence-electron chi connectivity index (χ3n) is 5.93. The van der Waals surface area contributed by atoms with Crippen LogP contribution in [0.5, 0.6) is 0 Å². The maximum atomic E-state index is 12.2. The summed E-state index contributed by atoms with van der Waals surface area (Å²) < 4.78 is 0. The first-order valence-corrected chi connectivity index (χ1v) is 12.9. The zero-order valence-electron chi connectivity index (χ0n) is 21.3. The van der Waals surface area contributed by atoms with Gasteiger partial charge in [0, 0.05) is 31.1 Å². The van der Waals surface area contributed by atoms with E-state index in [-0.39, 0.29) is 44.5 Å². The van der Waals surface area contributed by atoms with Crippen molar-refractivity contribution in [3.05, 3.63) is 95.0 Å². The summed E-state index contributed by atoms with van der Waals surface area (Å²) >= 11 is 6.05. The van der Waals surface area contributed by atoms with E-state index in [0.29, 0.717) is 17.0 Å². The Kier molecular flexibility index (Phi) is 11.3. The molecule has 0 aromatic heterocycles. The van der Waals surface area contributed by atoms with Gasteiger partial charge in [0.05, 0.1) is 12.5 Å². The number of hydrogen-bond donors (Lipinski definition) is 5. The fraction of sp³-hybridized carbons (Fsp3) is 0.241. The highest BCUT2D eigenvalue weighted by Crippen LogP contribution is 2.23. The van der Waals surface area contributed by atoms with Gasteiger partial charge in [0.25, 0.3) is 0 Å². The highest BCUT2D eigenvalue weighted by Gasteiger charge is 2.21. The number of hydrogen-bond acceptors (Lipinski definition) is 4. The Morgan fingerprint density at radius 1 is 0.744 bits per heavy atom. The number of benzene rings is 3. The Morgan fingerprint density at radius 3 is 2.10 bits per heavy atom. The van der Waals surface area contributed by atoms with Crippen LogP contribution in [0.4, 0.5) is 4.79 Å². The van der Waals surface area contributed by atoms with Crippen LogP contribution in [-0.2, 0) is 20.9 Å². The van der Waals surface area contributed by atoms with Crippen molar-refractivity contribution in [2.45, 2.75) is 25.3 Å². The summed E-state index contributed by atoms with van der Waals surface area (Å²) in [7, 11) is 0. The van der Waals surface area contributed by atoms with E-state index in [1.54, 1.807) is 24.3 Å². The van der Waals surface area contributed by atoms with Gasteiger partial charge < -0.3 is 26.4 Å². The van der Waals surface area contributed by atoms with Gasteiger partial charge in [0.15, 0.2) is 0 Å². The molecule has 1 atom stereocenters. The minimum Gasteiger partial charge on any atom is -0.481 e. The van der Waals surface area contributed by atoms with Gasteiger partial charge in [-0.05, 0) is 34.7 Å². The van der Waals surface area contributed by atoms with Crippen molar-refractivity contribution in [2.75, 3.05) is 19.6 Å². The Balaban J connectivity index is 1.32. The largest absolute Gasteiger partial charge is 0.481 e. The molecule has 9 nitrogen and oxygen atoms in total. The van der Waals surface area contributed by atoms with Gasteiger partial charge in [-0.15, -0.1) is 0 Å². The monoisotopic (exact) mass is 550 g/mol. The second-order valence-corrected chi connectivity index (χ2v) is 9.17. The Bertz CT molecular complexity index is 1270. The van der Waals surface area contributed by atoms with Gasteiger partial charge in [-0.25, -0.2) is 4.79 Å². The number of nitrogens with one attached hydrogen (secondary N) is 4. The third kappa shape index (κ3) is 9.79. The lowest BCUT2D eigenvalue weighted by molar-refractivity contribution is -0.138. The average molecular weight is 551 g/mol. The molecule has 0 heterocycles. The van der Waals surface area contributed by atoms with Gasteiger partial charge in [0.2, 0.25) is 11.8 Å². The van der Waals surface area contributed by atoms with Crippen LogP contribution in [0.1, 0.15) is 29.9 Å². The molecule has 39 heavy (non-hydrogen) atoms. The average Bonchev–Trinajstić information content (AvgIpc) is 2.94. The van der Waals surface area contributed by atoms with Crippen molar-refractivity contribution in [1.82, 2.24) is 21.3 Å². The first-order chi connectivity index (χ1) is 18.8. The van der Waals surface area contributed by atoms with E-state index in [2.05, 4.69) is 21.3 Å². The van der Waals surface area contributed by atoms with Crippen LogP contribution in [0, 0.1) is 0 Å². The quantitative estimate of drug-likeness (QED) is 0.207. The summed E-state index contributed by atoms with van der Waals surface area (Å²) in [5.41, 5.74) is 3.34. The number of carboxylic acids is 1. The Morgan fingerprint density at radius 2 is 1.41 bits per heavy atom. The van der Waals surface area contributed by atoms with Gasteiger partial charge in [0.1, 0.15) is 0 Å². The van der Waals surface area contributed by atoms with Crippen LogP contribution in [0.3, 0.4) is 0 Å². The van der Waals surface area contributed by atoms with Crippen LogP contribution in [0.15, 0.2) is 78.9 Å². The smallest absolute Gasteiger partial charge is 0.315 e. The maximum absolute atomic E-state index is 12.2. The predicted octanol–water partition coefficient (Wildman–Crippen LogP) is 3.69. The van der Waals surface area contributed by atoms with E-state index in [4.69, 9.17) is 11.6 Å². The summed E-state index contributed by atoms with van der Waals surface area (Å²) in [4.78, 5) is 47.9. The fourth-order valence-electron chi connectivity index (χ4n) is 3.76. The Labute approximate surface area is 232 Å². The molecule has 204 valence electrons. The molecule has 0 radical (unpaired) electrons. The lowest BCUT2D eigenvalue weighted by Crippen LogP contribution is -2.40. The Hall–Kier alpha value is -4.37. The molecule has 0 saturated carbocycles. The van der Waals surface area contributed by atoms with E-state index in [0.717, 1.165) is 16.7 Å². The summed E-state index contributed by atoms with van der Waals surface area (Å²) in [6, 6.07) is 23.7. The van der Waals surface area contributed by atoms with E-state index in [1.807, 2.05) is 54.6 Å². The number of carbonyl (C=O) groups excluding carboxylic acids is 3. The van der Waals surface area contributed by atoms with Gasteiger partial charge in [-0.2, -0.15) is 0 Å². The lowest BCUT2D eigenvalue weighted by Gasteiger charge is -2.15. The summed E-state index contributed by atoms with van der Waals surface area (Å²) in [6.07, 6.45) is 0.497. The van der Waals surface area contributed by atoms with Crippen molar-refractivity contribution < 1.29 is 24.3 Å². The minimum atomic E-state index is -1.06. The minimum absolute atomic E-state index is 0.109. The van der Waals surface area contributed by atoms with E-state index < -0.39 is 17.8 Å². The van der Waals surface area contributed by atoms with Crippen molar-refractivity contribution in [2.24, 2.45) is 0 Å². The topological polar surface area (TPSA) is 137 Å². The number of carboxylic acid groups (broad SMARTS) is 1. The first-order valence-electron chi connectivity index (χ1n) is 12.5. The fourth-order valence-corrected chi connectivity index (χ4v) is 3.97. The lowest BCUT2D eigenvalue weighted by atomic mass is 9.96. The molecule has 0 saturated heterocycles. The number of rotatable bonds is 13. The van der Waals surface area contributed by atoms with Crippen LogP contribution >= 0.6 is 11.6 Å². The van der Waals surface area contributed by atoms with E-state index in [1.165, 1.54) is 0 Å². The van der Waals surface area contributed by atoms with E-state index in [9.17, 15) is 24.3 Å². The van der Waals surface area contributed by atoms with Crippen LogP contribution in [0.2, 0.25) is 5.02 Å². The molecule has 3 aromatic carbocycles. The number of carbonyl (C=O) groups is 4. The maximum Gasteiger partial charge on any atom is 0.315 e. The normalized spacial score (nSPS) is 11.2. The van der Waals surface area contributed by atoms with Gasteiger partial charge >= 0.3 is 12.0 Å². The third-order valence-corrected chi connectivity index (χ3v) is 6.30. The molecule has 3 rings (SSSR count).